The predicted octanol–water partition coefficient (Wildman–Crippen LogP) is 5.12. The third-order valence-electron chi connectivity index (χ3n) is 5.46. The number of rotatable bonds is 6. The summed E-state index contributed by atoms with van der Waals surface area (Å²) in [5, 5.41) is 6.52. The van der Waals surface area contributed by atoms with Crippen molar-refractivity contribution in [1.29, 1.82) is 0 Å². The first-order chi connectivity index (χ1) is 13.1. The van der Waals surface area contributed by atoms with Crippen molar-refractivity contribution >= 4 is 39.1 Å². The minimum Gasteiger partial charge on any atom is -0.335 e. The van der Waals surface area contributed by atoms with E-state index in [1.54, 1.807) is 11.3 Å². The first-order valence-corrected chi connectivity index (χ1v) is 10.8. The maximum atomic E-state index is 13.2. The fourth-order valence-corrected chi connectivity index (χ4v) is 4.84. The number of carbonyl (C=O) groups is 1. The van der Waals surface area contributed by atoms with E-state index in [4.69, 9.17) is 11.6 Å². The molecule has 27 heavy (non-hydrogen) atoms. The first kappa shape index (κ1) is 17.3. The van der Waals surface area contributed by atoms with E-state index in [1.165, 1.54) is 12.8 Å². The number of hydrogen-bond acceptors (Lipinski definition) is 3. The van der Waals surface area contributed by atoms with Gasteiger partial charge in [0.2, 0.25) is 0 Å². The van der Waals surface area contributed by atoms with Gasteiger partial charge in [-0.15, -0.1) is 11.3 Å². The summed E-state index contributed by atoms with van der Waals surface area (Å²) < 4.78 is 2.01. The second-order valence-electron chi connectivity index (χ2n) is 7.83. The van der Waals surface area contributed by atoms with Gasteiger partial charge in [-0.1, -0.05) is 23.7 Å². The number of hydrogen-bond donors (Lipinski definition) is 0. The number of thiophene rings is 1. The number of fused-ring (bicyclic) bond motifs is 1. The van der Waals surface area contributed by atoms with Crippen LogP contribution in [0.3, 0.4) is 0 Å². The van der Waals surface area contributed by atoms with E-state index in [0.717, 1.165) is 56.7 Å². The Kier molecular flexibility index (Phi) is 4.25. The van der Waals surface area contributed by atoms with Crippen LogP contribution in [0, 0.1) is 12.8 Å². The Hall–Kier alpha value is -1.85. The van der Waals surface area contributed by atoms with Gasteiger partial charge in [0.25, 0.3) is 5.91 Å². The number of nitrogens with zero attached hydrogens (tertiary/aromatic N) is 3. The number of amides is 1. The summed E-state index contributed by atoms with van der Waals surface area (Å²) in [7, 11) is 0. The van der Waals surface area contributed by atoms with Crippen molar-refractivity contribution in [2.75, 3.05) is 6.54 Å². The first-order valence-electron chi connectivity index (χ1n) is 9.61. The Bertz CT molecular complexity index is 999. The molecule has 0 unspecified atom stereocenters. The zero-order chi connectivity index (χ0) is 18.5. The van der Waals surface area contributed by atoms with Crippen molar-refractivity contribution in [2.45, 2.75) is 45.2 Å². The molecule has 0 spiro atoms. The summed E-state index contributed by atoms with van der Waals surface area (Å²) in [6.07, 6.45) is 4.87. The second kappa shape index (κ2) is 6.64. The Morgan fingerprint density at radius 3 is 2.67 bits per heavy atom. The summed E-state index contributed by atoms with van der Waals surface area (Å²) in [5.74, 6) is 0.939. The van der Waals surface area contributed by atoms with E-state index in [2.05, 4.69) is 10.00 Å². The van der Waals surface area contributed by atoms with Gasteiger partial charge in [0.15, 0.2) is 0 Å². The average molecular weight is 400 g/mol. The largest absolute Gasteiger partial charge is 0.335 e. The molecule has 2 aliphatic carbocycles. The highest BCUT2D eigenvalue weighted by atomic mass is 35.5. The average Bonchev–Trinajstić information content (AvgIpc) is 3.57. The van der Waals surface area contributed by atoms with Gasteiger partial charge in [-0.3, -0.25) is 9.48 Å². The molecule has 0 radical (unpaired) electrons. The van der Waals surface area contributed by atoms with Gasteiger partial charge in [0.05, 0.1) is 17.1 Å². The third kappa shape index (κ3) is 3.50. The number of aryl methyl sites for hydroxylation is 1. The number of halogens is 1. The van der Waals surface area contributed by atoms with E-state index >= 15 is 0 Å². The van der Waals surface area contributed by atoms with Crippen molar-refractivity contribution in [2.24, 2.45) is 5.92 Å². The van der Waals surface area contributed by atoms with Crippen LogP contribution in [0.4, 0.5) is 0 Å². The summed E-state index contributed by atoms with van der Waals surface area (Å²) in [6.45, 7) is 3.64. The van der Waals surface area contributed by atoms with Crippen molar-refractivity contribution in [3.63, 3.8) is 0 Å². The van der Waals surface area contributed by atoms with Crippen LogP contribution in [0.25, 0.3) is 10.2 Å². The highest BCUT2D eigenvalue weighted by molar-refractivity contribution is 7.20. The molecule has 2 saturated carbocycles. The molecule has 2 heterocycles. The molecule has 0 atom stereocenters. The minimum absolute atomic E-state index is 0.211. The summed E-state index contributed by atoms with van der Waals surface area (Å²) in [6, 6.07) is 10.4. The van der Waals surface area contributed by atoms with Gasteiger partial charge in [-0.2, -0.15) is 5.10 Å². The molecule has 6 heteroatoms. The molecule has 1 aromatic carbocycles. The van der Waals surface area contributed by atoms with Crippen LogP contribution >= 0.6 is 22.9 Å². The molecular weight excluding hydrogens is 378 g/mol. The van der Waals surface area contributed by atoms with Gasteiger partial charge >= 0.3 is 0 Å². The van der Waals surface area contributed by atoms with Crippen LogP contribution in [-0.4, -0.2) is 33.2 Å². The van der Waals surface area contributed by atoms with Crippen LogP contribution in [0.15, 0.2) is 30.3 Å². The Balaban J connectivity index is 1.44. The Labute approximate surface area is 167 Å². The molecule has 140 valence electrons. The number of carbonyl (C=O) groups excluding carboxylic acids is 1. The van der Waals surface area contributed by atoms with E-state index < -0.39 is 0 Å². The summed E-state index contributed by atoms with van der Waals surface area (Å²) >= 11 is 7.57. The van der Waals surface area contributed by atoms with Crippen LogP contribution in [-0.2, 0) is 6.54 Å². The topological polar surface area (TPSA) is 38.1 Å². The van der Waals surface area contributed by atoms with Gasteiger partial charge in [-0.05, 0) is 62.3 Å². The van der Waals surface area contributed by atoms with Gasteiger partial charge < -0.3 is 4.90 Å². The SMILES string of the molecule is Cc1nn(Cc2ccc(Cl)cc2)c2sc(C(=O)N(CC3CC3)C3CC3)cc12. The molecule has 3 aromatic rings. The lowest BCUT2D eigenvalue weighted by molar-refractivity contribution is 0.0740. The van der Waals surface area contributed by atoms with Crippen LogP contribution in [0.2, 0.25) is 5.02 Å². The molecule has 0 N–H and O–H groups in total. The Morgan fingerprint density at radius 1 is 1.26 bits per heavy atom. The molecule has 0 bridgehead atoms. The summed E-state index contributed by atoms with van der Waals surface area (Å²) in [4.78, 5) is 17.2. The van der Waals surface area contributed by atoms with Crippen LogP contribution in [0.1, 0.15) is 46.6 Å². The highest BCUT2D eigenvalue weighted by Crippen LogP contribution is 2.37. The van der Waals surface area contributed by atoms with Crippen molar-refractivity contribution in [1.82, 2.24) is 14.7 Å². The van der Waals surface area contributed by atoms with Crippen LogP contribution < -0.4 is 0 Å². The van der Waals surface area contributed by atoms with Crippen molar-refractivity contribution < 1.29 is 4.79 Å². The maximum absolute atomic E-state index is 13.2. The standard InChI is InChI=1S/C21H22ClN3OS/c1-13-18-10-19(20(26)24(17-8-9-17)11-14-2-3-14)27-21(18)25(23-13)12-15-4-6-16(22)7-5-15/h4-7,10,14,17H,2-3,8-9,11-12H2,1H3. The second-order valence-corrected chi connectivity index (χ2v) is 9.30. The molecule has 1 amide bonds. The van der Waals surface area contributed by atoms with Gasteiger partial charge in [0.1, 0.15) is 4.83 Å². The Morgan fingerprint density at radius 2 is 2.00 bits per heavy atom. The molecule has 0 saturated heterocycles. The zero-order valence-corrected chi connectivity index (χ0v) is 16.9. The highest BCUT2D eigenvalue weighted by Gasteiger charge is 2.37. The van der Waals surface area contributed by atoms with E-state index in [0.29, 0.717) is 12.6 Å². The predicted molar refractivity (Wildman–Crippen MR) is 110 cm³/mol. The molecule has 2 aliphatic rings. The van der Waals surface area contributed by atoms with Crippen LogP contribution in [0.5, 0.6) is 0 Å². The maximum Gasteiger partial charge on any atom is 0.264 e. The molecule has 2 aromatic heterocycles. The molecule has 0 aliphatic heterocycles. The molecule has 4 nitrogen and oxygen atoms in total. The molecular formula is C21H22ClN3OS. The quantitative estimate of drug-likeness (QED) is 0.576. The molecule has 5 rings (SSSR count). The van der Waals surface area contributed by atoms with E-state index in [-0.39, 0.29) is 5.91 Å². The lowest BCUT2D eigenvalue weighted by atomic mass is 10.2. The van der Waals surface area contributed by atoms with Gasteiger partial charge in [0, 0.05) is 23.0 Å². The summed E-state index contributed by atoms with van der Waals surface area (Å²) in [5.41, 5.74) is 2.13. The van der Waals surface area contributed by atoms with Crippen molar-refractivity contribution in [3.8, 4) is 0 Å². The fraction of sp³-hybridized carbons (Fsp3) is 0.429. The number of benzene rings is 1. The monoisotopic (exact) mass is 399 g/mol. The molecule has 2 fully saturated rings. The number of aromatic nitrogens is 2. The fourth-order valence-electron chi connectivity index (χ4n) is 3.59. The van der Waals surface area contributed by atoms with E-state index in [9.17, 15) is 4.79 Å². The normalized spacial score (nSPS) is 16.8. The van der Waals surface area contributed by atoms with Gasteiger partial charge in [-0.25, -0.2) is 0 Å². The zero-order valence-electron chi connectivity index (χ0n) is 15.3. The smallest absolute Gasteiger partial charge is 0.264 e. The van der Waals surface area contributed by atoms with Crippen molar-refractivity contribution in [3.05, 3.63) is 51.5 Å². The lowest BCUT2D eigenvalue weighted by Gasteiger charge is -2.21. The third-order valence-corrected chi connectivity index (χ3v) is 6.85. The lowest BCUT2D eigenvalue weighted by Crippen LogP contribution is -2.34. The van der Waals surface area contributed by atoms with E-state index in [1.807, 2.05) is 41.9 Å². The minimum atomic E-state index is 0.211.